The predicted octanol–water partition coefficient (Wildman–Crippen LogP) is 3.50. The van der Waals surface area contributed by atoms with Gasteiger partial charge in [-0.1, -0.05) is 37.3 Å². The summed E-state index contributed by atoms with van der Waals surface area (Å²) in [5.74, 6) is -0.0817. The smallest absolute Gasteiger partial charge is 0.254 e. The van der Waals surface area contributed by atoms with Crippen LogP contribution in [0.1, 0.15) is 41.3 Å². The lowest BCUT2D eigenvalue weighted by Gasteiger charge is -2.35. The van der Waals surface area contributed by atoms with E-state index in [9.17, 15) is 13.2 Å². The van der Waals surface area contributed by atoms with Crippen LogP contribution in [-0.4, -0.2) is 38.1 Å². The van der Waals surface area contributed by atoms with E-state index < -0.39 is 9.84 Å². The number of sulfone groups is 1. The number of amides is 1. The molecule has 4 nitrogen and oxygen atoms in total. The van der Waals surface area contributed by atoms with Gasteiger partial charge in [0.1, 0.15) is 0 Å². The molecule has 5 heteroatoms. The number of hydrogen-bond acceptors (Lipinski definition) is 3. The van der Waals surface area contributed by atoms with Gasteiger partial charge in [-0.2, -0.15) is 0 Å². The Balaban J connectivity index is 1.88. The van der Waals surface area contributed by atoms with Gasteiger partial charge in [-0.25, -0.2) is 8.42 Å². The van der Waals surface area contributed by atoms with Crippen molar-refractivity contribution in [3.8, 4) is 0 Å². The van der Waals surface area contributed by atoms with Gasteiger partial charge in [0.2, 0.25) is 0 Å². The molecule has 0 saturated carbocycles. The monoisotopic (exact) mass is 371 g/mol. The van der Waals surface area contributed by atoms with E-state index in [0.29, 0.717) is 12.1 Å². The Hall–Kier alpha value is -2.14. The highest BCUT2D eigenvalue weighted by atomic mass is 32.2. The van der Waals surface area contributed by atoms with Gasteiger partial charge in [0.25, 0.3) is 5.91 Å². The summed E-state index contributed by atoms with van der Waals surface area (Å²) in [5, 5.41) is 0. The van der Waals surface area contributed by atoms with E-state index in [1.165, 1.54) is 29.5 Å². The van der Waals surface area contributed by atoms with Crippen molar-refractivity contribution in [1.82, 2.24) is 4.90 Å². The van der Waals surface area contributed by atoms with Gasteiger partial charge >= 0.3 is 0 Å². The van der Waals surface area contributed by atoms with Crippen LogP contribution in [0.2, 0.25) is 0 Å². The standard InChI is InChI=1S/C21H25NO3S/c1-3-13-22(19-12-11-16-7-4-5-8-17(16)14-19)21(23)18-9-6-10-20(15-18)26(2,24)25/h4-10,15,19H,3,11-14H2,1-2H3. The summed E-state index contributed by atoms with van der Waals surface area (Å²) in [6, 6.07) is 14.9. The highest BCUT2D eigenvalue weighted by Crippen LogP contribution is 2.26. The number of rotatable bonds is 5. The van der Waals surface area contributed by atoms with Gasteiger partial charge in [-0.15, -0.1) is 0 Å². The van der Waals surface area contributed by atoms with Crippen molar-refractivity contribution in [1.29, 1.82) is 0 Å². The largest absolute Gasteiger partial charge is 0.335 e. The van der Waals surface area contributed by atoms with Crippen molar-refractivity contribution in [3.05, 3.63) is 65.2 Å². The molecule has 0 bridgehead atoms. The maximum Gasteiger partial charge on any atom is 0.254 e. The summed E-state index contributed by atoms with van der Waals surface area (Å²) in [7, 11) is -3.33. The molecule has 0 radical (unpaired) electrons. The van der Waals surface area contributed by atoms with Crippen molar-refractivity contribution in [2.45, 2.75) is 43.5 Å². The van der Waals surface area contributed by atoms with Crippen LogP contribution in [-0.2, 0) is 22.7 Å². The van der Waals surface area contributed by atoms with Crippen molar-refractivity contribution in [2.75, 3.05) is 12.8 Å². The molecule has 2 aromatic carbocycles. The third-order valence-corrected chi connectivity index (χ3v) is 6.11. The van der Waals surface area contributed by atoms with E-state index >= 15 is 0 Å². The molecule has 1 aliphatic rings. The first-order valence-electron chi connectivity index (χ1n) is 9.08. The van der Waals surface area contributed by atoms with Crippen LogP contribution < -0.4 is 0 Å². The molecule has 1 aliphatic carbocycles. The number of fused-ring (bicyclic) bond motifs is 1. The van der Waals surface area contributed by atoms with Crippen molar-refractivity contribution >= 4 is 15.7 Å². The van der Waals surface area contributed by atoms with Crippen LogP contribution in [0, 0.1) is 0 Å². The summed E-state index contributed by atoms with van der Waals surface area (Å²) in [6.45, 7) is 2.73. The summed E-state index contributed by atoms with van der Waals surface area (Å²) in [6.07, 6.45) is 4.80. The molecule has 0 N–H and O–H groups in total. The van der Waals surface area contributed by atoms with E-state index in [1.807, 2.05) is 11.0 Å². The van der Waals surface area contributed by atoms with E-state index in [-0.39, 0.29) is 16.8 Å². The Labute approximate surface area is 155 Å². The van der Waals surface area contributed by atoms with Crippen LogP contribution in [0.3, 0.4) is 0 Å². The maximum atomic E-state index is 13.2. The molecular formula is C21H25NO3S. The van der Waals surface area contributed by atoms with E-state index in [4.69, 9.17) is 0 Å². The van der Waals surface area contributed by atoms with Crippen LogP contribution in [0.5, 0.6) is 0 Å². The second kappa shape index (κ2) is 7.62. The van der Waals surface area contributed by atoms with Gasteiger partial charge in [-0.05, 0) is 55.0 Å². The summed E-state index contributed by atoms with van der Waals surface area (Å²) < 4.78 is 23.6. The number of hydrogen-bond donors (Lipinski definition) is 0. The van der Waals surface area contributed by atoms with Gasteiger partial charge in [0, 0.05) is 24.4 Å². The Morgan fingerprint density at radius 3 is 2.54 bits per heavy atom. The number of carbonyl (C=O) groups is 1. The van der Waals surface area contributed by atoms with Gasteiger partial charge in [0.15, 0.2) is 9.84 Å². The van der Waals surface area contributed by atoms with Gasteiger partial charge in [-0.3, -0.25) is 4.79 Å². The number of nitrogens with zero attached hydrogens (tertiary/aromatic N) is 1. The molecule has 2 aromatic rings. The quantitative estimate of drug-likeness (QED) is 0.808. The topological polar surface area (TPSA) is 54.5 Å². The highest BCUT2D eigenvalue weighted by molar-refractivity contribution is 7.90. The summed E-state index contributed by atoms with van der Waals surface area (Å²) in [5.41, 5.74) is 3.12. The number of aryl methyl sites for hydroxylation is 1. The molecule has 0 saturated heterocycles. The Morgan fingerprint density at radius 1 is 1.12 bits per heavy atom. The molecule has 138 valence electrons. The third-order valence-electron chi connectivity index (χ3n) is 5.00. The zero-order valence-electron chi connectivity index (χ0n) is 15.3. The molecule has 0 fully saturated rings. The first kappa shape index (κ1) is 18.6. The Bertz CT molecular complexity index is 905. The SMILES string of the molecule is CCCN(C(=O)c1cccc(S(C)(=O)=O)c1)C1CCc2ccccc2C1. The minimum atomic E-state index is -3.33. The molecule has 0 aromatic heterocycles. The van der Waals surface area contributed by atoms with E-state index in [2.05, 4.69) is 25.1 Å². The normalized spacial score (nSPS) is 16.8. The lowest BCUT2D eigenvalue weighted by Crippen LogP contribution is -2.44. The first-order valence-corrected chi connectivity index (χ1v) is 11.0. The zero-order chi connectivity index (χ0) is 18.7. The molecule has 0 aliphatic heterocycles. The second-order valence-electron chi connectivity index (χ2n) is 6.96. The molecule has 0 spiro atoms. The summed E-state index contributed by atoms with van der Waals surface area (Å²) in [4.78, 5) is 15.3. The van der Waals surface area contributed by atoms with E-state index in [0.717, 1.165) is 25.7 Å². The van der Waals surface area contributed by atoms with Crippen LogP contribution in [0.4, 0.5) is 0 Å². The number of carbonyl (C=O) groups excluding carboxylic acids is 1. The second-order valence-corrected chi connectivity index (χ2v) is 8.98. The Morgan fingerprint density at radius 2 is 1.85 bits per heavy atom. The predicted molar refractivity (Wildman–Crippen MR) is 103 cm³/mol. The highest BCUT2D eigenvalue weighted by Gasteiger charge is 2.28. The Kier molecular flexibility index (Phi) is 5.47. The van der Waals surface area contributed by atoms with Gasteiger partial charge in [0.05, 0.1) is 4.90 Å². The molecule has 0 heterocycles. The average Bonchev–Trinajstić information content (AvgIpc) is 2.64. The van der Waals surface area contributed by atoms with Crippen molar-refractivity contribution in [2.24, 2.45) is 0 Å². The van der Waals surface area contributed by atoms with Crippen LogP contribution >= 0.6 is 0 Å². The van der Waals surface area contributed by atoms with Crippen molar-refractivity contribution < 1.29 is 13.2 Å². The van der Waals surface area contributed by atoms with Crippen LogP contribution in [0.15, 0.2) is 53.4 Å². The lowest BCUT2D eigenvalue weighted by atomic mass is 9.87. The minimum absolute atomic E-state index is 0.0817. The third kappa shape index (κ3) is 3.98. The van der Waals surface area contributed by atoms with Crippen molar-refractivity contribution in [3.63, 3.8) is 0 Å². The van der Waals surface area contributed by atoms with E-state index in [1.54, 1.807) is 12.1 Å². The molecule has 1 unspecified atom stereocenters. The maximum absolute atomic E-state index is 13.2. The minimum Gasteiger partial charge on any atom is -0.335 e. The average molecular weight is 372 g/mol. The first-order chi connectivity index (χ1) is 12.4. The van der Waals surface area contributed by atoms with Gasteiger partial charge < -0.3 is 4.90 Å². The molecular weight excluding hydrogens is 346 g/mol. The fourth-order valence-electron chi connectivity index (χ4n) is 3.66. The zero-order valence-corrected chi connectivity index (χ0v) is 16.1. The van der Waals surface area contributed by atoms with Crippen LogP contribution in [0.25, 0.3) is 0 Å². The molecule has 1 amide bonds. The molecule has 1 atom stereocenters. The fraction of sp³-hybridized carbons (Fsp3) is 0.381. The molecule has 3 rings (SSSR count). The fourth-order valence-corrected chi connectivity index (χ4v) is 4.33. The lowest BCUT2D eigenvalue weighted by molar-refractivity contribution is 0.0661. The summed E-state index contributed by atoms with van der Waals surface area (Å²) >= 11 is 0. The molecule has 26 heavy (non-hydrogen) atoms. The number of benzene rings is 2.